The molecular weight excluding hydrogens is 352 g/mol. The number of para-hydroxylation sites is 1. The molecule has 0 saturated carbocycles. The van der Waals surface area contributed by atoms with Gasteiger partial charge in [0.05, 0.1) is 5.25 Å². The van der Waals surface area contributed by atoms with Gasteiger partial charge in [0.2, 0.25) is 5.91 Å². The number of fused-ring (bicyclic) bond motifs is 1. The molecule has 4 rings (SSSR count). The van der Waals surface area contributed by atoms with E-state index in [0.29, 0.717) is 6.54 Å². The molecule has 7 heteroatoms. The first-order valence-corrected chi connectivity index (χ1v) is 9.94. The van der Waals surface area contributed by atoms with E-state index in [4.69, 9.17) is 0 Å². The van der Waals surface area contributed by atoms with Gasteiger partial charge in [0.15, 0.2) is 5.16 Å². The summed E-state index contributed by atoms with van der Waals surface area (Å²) in [6, 6.07) is 12.1. The maximum atomic E-state index is 12.9. The van der Waals surface area contributed by atoms with E-state index < -0.39 is 0 Å². The standard InChI is InChI=1S/C18H18N4OS2/c1-13(17(23)21-9-7-16-14(11-21)8-10-24-16)25-18-20-19-12-22(18)15-5-3-2-4-6-15/h2-6,8,10,12-13H,7,9,11H2,1H3. The summed E-state index contributed by atoms with van der Waals surface area (Å²) in [7, 11) is 0. The van der Waals surface area contributed by atoms with E-state index in [9.17, 15) is 4.79 Å². The molecule has 0 N–H and O–H groups in total. The number of amides is 1. The lowest BCUT2D eigenvalue weighted by atomic mass is 10.1. The molecule has 1 atom stereocenters. The lowest BCUT2D eigenvalue weighted by molar-refractivity contribution is -0.131. The number of thioether (sulfide) groups is 1. The van der Waals surface area contributed by atoms with Crippen LogP contribution < -0.4 is 0 Å². The molecule has 25 heavy (non-hydrogen) atoms. The van der Waals surface area contributed by atoms with Crippen molar-refractivity contribution in [1.29, 1.82) is 0 Å². The molecule has 1 unspecified atom stereocenters. The number of carbonyl (C=O) groups excluding carboxylic acids is 1. The zero-order valence-corrected chi connectivity index (χ0v) is 15.5. The van der Waals surface area contributed by atoms with Gasteiger partial charge in [0.25, 0.3) is 0 Å². The van der Waals surface area contributed by atoms with Crippen LogP contribution in [0.25, 0.3) is 5.69 Å². The topological polar surface area (TPSA) is 51.0 Å². The molecule has 0 bridgehead atoms. The number of benzene rings is 1. The third-order valence-corrected chi connectivity index (χ3v) is 6.37. The second-order valence-electron chi connectivity index (χ2n) is 5.96. The summed E-state index contributed by atoms with van der Waals surface area (Å²) in [5, 5.41) is 10.9. The van der Waals surface area contributed by atoms with Crippen LogP contribution in [0.4, 0.5) is 0 Å². The van der Waals surface area contributed by atoms with Crippen molar-refractivity contribution >= 4 is 29.0 Å². The first-order chi connectivity index (χ1) is 12.2. The van der Waals surface area contributed by atoms with Gasteiger partial charge in [-0.3, -0.25) is 9.36 Å². The first kappa shape index (κ1) is 16.4. The fourth-order valence-corrected chi connectivity index (χ4v) is 4.79. The molecule has 0 radical (unpaired) electrons. The van der Waals surface area contributed by atoms with Gasteiger partial charge in [-0.2, -0.15) is 0 Å². The van der Waals surface area contributed by atoms with Crippen molar-refractivity contribution in [2.75, 3.05) is 6.54 Å². The number of aromatic nitrogens is 3. The van der Waals surface area contributed by atoms with Crippen molar-refractivity contribution in [3.63, 3.8) is 0 Å². The quantitative estimate of drug-likeness (QED) is 0.661. The SMILES string of the molecule is CC(Sc1nncn1-c1ccccc1)C(=O)N1CCc2sccc2C1. The van der Waals surface area contributed by atoms with Crippen LogP contribution in [-0.2, 0) is 17.8 Å². The summed E-state index contributed by atoms with van der Waals surface area (Å²) >= 11 is 3.24. The van der Waals surface area contributed by atoms with Gasteiger partial charge in [-0.1, -0.05) is 30.0 Å². The van der Waals surface area contributed by atoms with Crippen LogP contribution in [0, 0.1) is 0 Å². The normalized spacial score (nSPS) is 15.0. The van der Waals surface area contributed by atoms with E-state index in [1.165, 1.54) is 22.2 Å². The van der Waals surface area contributed by atoms with Crippen molar-refractivity contribution in [3.05, 3.63) is 58.5 Å². The van der Waals surface area contributed by atoms with E-state index in [1.807, 2.05) is 46.7 Å². The van der Waals surface area contributed by atoms with Crippen LogP contribution in [0.2, 0.25) is 0 Å². The molecule has 1 amide bonds. The number of carbonyl (C=O) groups is 1. The molecule has 0 aliphatic carbocycles. The Bertz CT molecular complexity index is 874. The summed E-state index contributed by atoms with van der Waals surface area (Å²) in [6.07, 6.45) is 2.64. The van der Waals surface area contributed by atoms with E-state index in [1.54, 1.807) is 17.7 Å². The Balaban J connectivity index is 1.47. The molecule has 1 aliphatic rings. The molecule has 1 aromatic carbocycles. The maximum absolute atomic E-state index is 12.9. The number of thiophene rings is 1. The van der Waals surface area contributed by atoms with Crippen LogP contribution in [0.3, 0.4) is 0 Å². The van der Waals surface area contributed by atoms with Gasteiger partial charge in [-0.05, 0) is 42.5 Å². The number of rotatable bonds is 4. The van der Waals surface area contributed by atoms with Gasteiger partial charge < -0.3 is 4.90 Å². The number of hydrogen-bond acceptors (Lipinski definition) is 5. The predicted molar refractivity (Wildman–Crippen MR) is 100 cm³/mol. The highest BCUT2D eigenvalue weighted by molar-refractivity contribution is 8.00. The lowest BCUT2D eigenvalue weighted by Gasteiger charge is -2.29. The van der Waals surface area contributed by atoms with Crippen LogP contribution in [0.15, 0.2) is 53.3 Å². The molecule has 0 fully saturated rings. The van der Waals surface area contributed by atoms with Gasteiger partial charge in [-0.25, -0.2) is 0 Å². The van der Waals surface area contributed by atoms with Crippen LogP contribution in [0.5, 0.6) is 0 Å². The minimum Gasteiger partial charge on any atom is -0.337 e. The Morgan fingerprint density at radius 1 is 1.28 bits per heavy atom. The molecule has 2 aromatic heterocycles. The Labute approximate surface area is 154 Å². The molecule has 1 aliphatic heterocycles. The summed E-state index contributed by atoms with van der Waals surface area (Å²) < 4.78 is 1.92. The highest BCUT2D eigenvalue weighted by Crippen LogP contribution is 2.28. The van der Waals surface area contributed by atoms with Crippen molar-refractivity contribution in [2.45, 2.75) is 30.3 Å². The molecule has 128 valence electrons. The third-order valence-electron chi connectivity index (χ3n) is 4.30. The van der Waals surface area contributed by atoms with Crippen LogP contribution >= 0.6 is 23.1 Å². The minimum atomic E-state index is -0.202. The molecular formula is C18H18N4OS2. The summed E-state index contributed by atoms with van der Waals surface area (Å²) in [5.74, 6) is 0.157. The van der Waals surface area contributed by atoms with Crippen molar-refractivity contribution in [2.24, 2.45) is 0 Å². The fourth-order valence-electron chi connectivity index (χ4n) is 2.97. The Kier molecular flexibility index (Phi) is 4.59. The van der Waals surface area contributed by atoms with E-state index >= 15 is 0 Å². The summed E-state index contributed by atoms with van der Waals surface area (Å²) in [4.78, 5) is 16.2. The highest BCUT2D eigenvalue weighted by Gasteiger charge is 2.27. The number of hydrogen-bond donors (Lipinski definition) is 0. The Hall–Kier alpha value is -2.12. The second kappa shape index (κ2) is 7.01. The maximum Gasteiger partial charge on any atom is 0.236 e. The van der Waals surface area contributed by atoms with E-state index in [-0.39, 0.29) is 11.2 Å². The molecule has 0 spiro atoms. The zero-order chi connectivity index (χ0) is 17.2. The van der Waals surface area contributed by atoms with Crippen LogP contribution in [-0.4, -0.2) is 37.4 Å². The highest BCUT2D eigenvalue weighted by atomic mass is 32.2. The monoisotopic (exact) mass is 370 g/mol. The van der Waals surface area contributed by atoms with Crippen molar-refractivity contribution < 1.29 is 4.79 Å². The smallest absolute Gasteiger partial charge is 0.236 e. The average molecular weight is 371 g/mol. The van der Waals surface area contributed by atoms with Crippen molar-refractivity contribution in [1.82, 2.24) is 19.7 Å². The molecule has 3 heterocycles. The predicted octanol–water partition coefficient (Wildman–Crippen LogP) is 3.39. The van der Waals surface area contributed by atoms with E-state index in [2.05, 4.69) is 21.6 Å². The minimum absolute atomic E-state index is 0.157. The van der Waals surface area contributed by atoms with Gasteiger partial charge in [-0.15, -0.1) is 21.5 Å². The molecule has 0 saturated heterocycles. The first-order valence-electron chi connectivity index (χ1n) is 8.18. The number of nitrogens with zero attached hydrogens (tertiary/aromatic N) is 4. The fraction of sp³-hybridized carbons (Fsp3) is 0.278. The van der Waals surface area contributed by atoms with Gasteiger partial charge >= 0.3 is 0 Å². The molecule has 5 nitrogen and oxygen atoms in total. The molecule has 3 aromatic rings. The van der Waals surface area contributed by atoms with Gasteiger partial charge in [0.1, 0.15) is 6.33 Å². The summed E-state index contributed by atoms with van der Waals surface area (Å²) in [6.45, 7) is 3.46. The Morgan fingerprint density at radius 2 is 2.12 bits per heavy atom. The van der Waals surface area contributed by atoms with E-state index in [0.717, 1.165) is 23.8 Å². The Morgan fingerprint density at radius 3 is 2.96 bits per heavy atom. The second-order valence-corrected chi connectivity index (χ2v) is 8.27. The van der Waals surface area contributed by atoms with Crippen molar-refractivity contribution in [3.8, 4) is 5.69 Å². The summed E-state index contributed by atoms with van der Waals surface area (Å²) in [5.41, 5.74) is 2.28. The zero-order valence-electron chi connectivity index (χ0n) is 13.8. The van der Waals surface area contributed by atoms with Crippen LogP contribution in [0.1, 0.15) is 17.4 Å². The largest absolute Gasteiger partial charge is 0.337 e. The van der Waals surface area contributed by atoms with Gasteiger partial charge in [0, 0.05) is 23.7 Å². The average Bonchev–Trinajstić information content (AvgIpc) is 3.30. The lowest BCUT2D eigenvalue weighted by Crippen LogP contribution is -2.39. The third kappa shape index (κ3) is 3.34.